The van der Waals surface area contributed by atoms with Gasteiger partial charge in [-0.2, -0.15) is 20.3 Å². The van der Waals surface area contributed by atoms with Crippen LogP contribution in [0.25, 0.3) is 11.0 Å². The summed E-state index contributed by atoms with van der Waals surface area (Å²) >= 11 is 0. The van der Waals surface area contributed by atoms with Gasteiger partial charge in [-0.15, -0.1) is 0 Å². The Bertz CT molecular complexity index is 604. The second kappa shape index (κ2) is 6.65. The van der Waals surface area contributed by atoms with Crippen molar-refractivity contribution in [2.75, 3.05) is 37.1 Å². The molecular formula is C11H16N8O. The van der Waals surface area contributed by atoms with Crippen molar-refractivity contribution in [3.8, 4) is 6.07 Å². The predicted octanol–water partition coefficient (Wildman–Crippen LogP) is 0.00498. The molecule has 0 aliphatic heterocycles. The van der Waals surface area contributed by atoms with Gasteiger partial charge in [-0.25, -0.2) is 5.84 Å². The first-order valence-electron chi connectivity index (χ1n) is 6.08. The van der Waals surface area contributed by atoms with Crippen LogP contribution in [0, 0.1) is 11.3 Å². The monoisotopic (exact) mass is 276 g/mol. The lowest BCUT2D eigenvalue weighted by molar-refractivity contribution is 0.205. The van der Waals surface area contributed by atoms with Crippen molar-refractivity contribution >= 4 is 22.8 Å². The number of hydrogen-bond acceptors (Lipinski definition) is 8. The van der Waals surface area contributed by atoms with Crippen molar-refractivity contribution in [3.63, 3.8) is 0 Å². The lowest BCUT2D eigenvalue weighted by Gasteiger charge is -2.23. The second-order valence-electron chi connectivity index (χ2n) is 4.04. The Balaban J connectivity index is 2.39. The summed E-state index contributed by atoms with van der Waals surface area (Å²) in [4.78, 5) is 10.5. The zero-order valence-electron chi connectivity index (χ0n) is 11.1. The van der Waals surface area contributed by atoms with Gasteiger partial charge < -0.3 is 9.64 Å². The number of nitrogens with zero attached hydrogens (tertiary/aromatic N) is 5. The van der Waals surface area contributed by atoms with E-state index in [0.717, 1.165) is 5.39 Å². The van der Waals surface area contributed by atoms with E-state index in [1.165, 1.54) is 0 Å². The van der Waals surface area contributed by atoms with E-state index >= 15 is 0 Å². The Kier molecular flexibility index (Phi) is 4.65. The number of aromatic nitrogens is 4. The van der Waals surface area contributed by atoms with Crippen LogP contribution in [-0.2, 0) is 4.74 Å². The lowest BCUT2D eigenvalue weighted by Crippen LogP contribution is -2.29. The van der Waals surface area contributed by atoms with Crippen molar-refractivity contribution in [2.24, 2.45) is 5.84 Å². The van der Waals surface area contributed by atoms with E-state index < -0.39 is 0 Å². The molecule has 2 rings (SSSR count). The number of H-pyrrole nitrogens is 1. The number of nitrogens with one attached hydrogen (secondary N) is 2. The molecule has 0 aliphatic rings. The Morgan fingerprint density at radius 2 is 2.35 bits per heavy atom. The molecule has 0 saturated heterocycles. The van der Waals surface area contributed by atoms with Gasteiger partial charge in [0.25, 0.3) is 0 Å². The fourth-order valence-electron chi connectivity index (χ4n) is 1.84. The Labute approximate surface area is 115 Å². The number of nitrogens with two attached hydrogens (primary N) is 1. The highest BCUT2D eigenvalue weighted by molar-refractivity contribution is 5.87. The van der Waals surface area contributed by atoms with Gasteiger partial charge in [0.1, 0.15) is 5.82 Å². The van der Waals surface area contributed by atoms with E-state index in [4.69, 9.17) is 15.8 Å². The van der Waals surface area contributed by atoms with Gasteiger partial charge in [-0.3, -0.25) is 10.5 Å². The molecule has 9 nitrogen and oxygen atoms in total. The molecule has 106 valence electrons. The average molecular weight is 276 g/mol. The predicted molar refractivity (Wildman–Crippen MR) is 73.8 cm³/mol. The molecule has 0 aliphatic carbocycles. The third-order valence-corrected chi connectivity index (χ3v) is 2.78. The summed E-state index contributed by atoms with van der Waals surface area (Å²) in [5.41, 5.74) is 3.01. The van der Waals surface area contributed by atoms with Gasteiger partial charge in [0.15, 0.2) is 5.65 Å². The molecule has 0 spiro atoms. The molecule has 0 amide bonds. The van der Waals surface area contributed by atoms with Crippen molar-refractivity contribution in [1.82, 2.24) is 20.2 Å². The van der Waals surface area contributed by atoms with Crippen molar-refractivity contribution in [3.05, 3.63) is 6.20 Å². The molecule has 9 heteroatoms. The van der Waals surface area contributed by atoms with Crippen LogP contribution >= 0.6 is 0 Å². The molecule has 0 aromatic carbocycles. The number of methoxy groups -OCH3 is 1. The van der Waals surface area contributed by atoms with E-state index in [0.29, 0.717) is 37.6 Å². The first-order valence-corrected chi connectivity index (χ1v) is 6.08. The number of rotatable bonds is 7. The number of hydrogen-bond donors (Lipinski definition) is 3. The maximum atomic E-state index is 8.77. The number of hydrazine groups is 1. The molecule has 0 unspecified atom stereocenters. The first-order chi connectivity index (χ1) is 9.80. The molecule has 0 saturated carbocycles. The smallest absolute Gasteiger partial charge is 0.241 e. The summed E-state index contributed by atoms with van der Waals surface area (Å²) in [5.74, 6) is 6.33. The van der Waals surface area contributed by atoms with Gasteiger partial charge in [0, 0.05) is 20.2 Å². The van der Waals surface area contributed by atoms with Crippen LogP contribution < -0.4 is 16.2 Å². The molecule has 2 aromatic heterocycles. The van der Waals surface area contributed by atoms with Crippen molar-refractivity contribution < 1.29 is 4.74 Å². The first kappa shape index (κ1) is 14.0. The standard InChI is InChI=1S/C11H16N8O/c1-20-6-5-19(4-2-3-12)10-8-7-14-18-9(8)15-11(16-10)17-13/h7H,2,4-6,13H2,1H3,(H2,14,15,16,17,18). The second-order valence-corrected chi connectivity index (χ2v) is 4.04. The number of ether oxygens (including phenoxy) is 1. The molecule has 0 bridgehead atoms. The van der Waals surface area contributed by atoms with E-state index in [1.54, 1.807) is 13.3 Å². The number of anilines is 2. The van der Waals surface area contributed by atoms with Crippen LogP contribution in [-0.4, -0.2) is 47.0 Å². The minimum Gasteiger partial charge on any atom is -0.383 e. The SMILES string of the molecule is COCCN(CCC#N)c1nc(NN)nc2[nH]ncc12. The van der Waals surface area contributed by atoms with Gasteiger partial charge in [-0.1, -0.05) is 0 Å². The van der Waals surface area contributed by atoms with E-state index in [-0.39, 0.29) is 5.95 Å². The molecule has 20 heavy (non-hydrogen) atoms. The van der Waals surface area contributed by atoms with E-state index in [1.807, 2.05) is 4.90 Å². The Morgan fingerprint density at radius 3 is 3.05 bits per heavy atom. The summed E-state index contributed by atoms with van der Waals surface area (Å²) in [5, 5.41) is 16.3. The number of nitriles is 1. The highest BCUT2D eigenvalue weighted by Gasteiger charge is 2.15. The molecular weight excluding hydrogens is 260 g/mol. The van der Waals surface area contributed by atoms with Crippen LogP contribution in [0.3, 0.4) is 0 Å². The summed E-state index contributed by atoms with van der Waals surface area (Å²) < 4.78 is 5.09. The van der Waals surface area contributed by atoms with Crippen molar-refractivity contribution in [2.45, 2.75) is 6.42 Å². The zero-order chi connectivity index (χ0) is 14.4. The average Bonchev–Trinajstić information content (AvgIpc) is 2.95. The van der Waals surface area contributed by atoms with Gasteiger partial charge >= 0.3 is 0 Å². The third kappa shape index (κ3) is 2.93. The van der Waals surface area contributed by atoms with Gasteiger partial charge in [-0.05, 0) is 0 Å². The lowest BCUT2D eigenvalue weighted by atomic mass is 10.3. The minimum atomic E-state index is 0.288. The zero-order valence-corrected chi connectivity index (χ0v) is 11.1. The maximum absolute atomic E-state index is 8.77. The molecule has 4 N–H and O–H groups in total. The fraction of sp³-hybridized carbons (Fsp3) is 0.455. The molecule has 0 fully saturated rings. The Morgan fingerprint density at radius 1 is 1.50 bits per heavy atom. The third-order valence-electron chi connectivity index (χ3n) is 2.78. The highest BCUT2D eigenvalue weighted by atomic mass is 16.5. The summed E-state index contributed by atoms with van der Waals surface area (Å²) in [6, 6.07) is 2.13. The van der Waals surface area contributed by atoms with E-state index in [2.05, 4.69) is 31.7 Å². The normalized spacial score (nSPS) is 10.4. The quantitative estimate of drug-likeness (QED) is 0.476. The fourth-order valence-corrected chi connectivity index (χ4v) is 1.84. The maximum Gasteiger partial charge on any atom is 0.241 e. The molecule has 0 radical (unpaired) electrons. The summed E-state index contributed by atoms with van der Waals surface area (Å²) in [6.45, 7) is 1.68. The summed E-state index contributed by atoms with van der Waals surface area (Å²) in [6.07, 6.45) is 2.04. The number of nitrogen functional groups attached to an aromatic ring is 1. The summed E-state index contributed by atoms with van der Waals surface area (Å²) in [7, 11) is 1.63. The van der Waals surface area contributed by atoms with Crippen LogP contribution in [0.15, 0.2) is 6.20 Å². The van der Waals surface area contributed by atoms with Crippen LogP contribution in [0.2, 0.25) is 0 Å². The largest absolute Gasteiger partial charge is 0.383 e. The van der Waals surface area contributed by atoms with Crippen LogP contribution in [0.1, 0.15) is 6.42 Å². The molecule has 0 atom stereocenters. The van der Waals surface area contributed by atoms with Gasteiger partial charge in [0.2, 0.25) is 5.95 Å². The van der Waals surface area contributed by atoms with E-state index in [9.17, 15) is 0 Å². The van der Waals surface area contributed by atoms with Crippen molar-refractivity contribution in [1.29, 1.82) is 5.26 Å². The number of aromatic amines is 1. The minimum absolute atomic E-state index is 0.288. The number of fused-ring (bicyclic) bond motifs is 1. The van der Waals surface area contributed by atoms with Gasteiger partial charge in [0.05, 0.1) is 30.7 Å². The van der Waals surface area contributed by atoms with Crippen LogP contribution in [0.5, 0.6) is 0 Å². The highest BCUT2D eigenvalue weighted by Crippen LogP contribution is 2.23. The van der Waals surface area contributed by atoms with Crippen LogP contribution in [0.4, 0.5) is 11.8 Å². The molecule has 2 heterocycles. The topological polar surface area (TPSA) is 129 Å². The molecule has 2 aromatic rings. The Hall–Kier alpha value is -2.44.